The van der Waals surface area contributed by atoms with Crippen LogP contribution in [0, 0.1) is 0 Å². The minimum atomic E-state index is -0.933. The number of hydrogen-bond donors (Lipinski definition) is 2. The van der Waals surface area contributed by atoms with E-state index in [1.807, 2.05) is 0 Å². The third kappa shape index (κ3) is 3.49. The van der Waals surface area contributed by atoms with Gasteiger partial charge in [-0.3, -0.25) is 9.59 Å². The molecule has 20 heavy (non-hydrogen) atoms. The lowest BCUT2D eigenvalue weighted by Crippen LogP contribution is -2.46. The third-order valence-corrected chi connectivity index (χ3v) is 3.79. The molecule has 1 saturated heterocycles. The second kappa shape index (κ2) is 6.23. The standard InChI is InChI=1S/C13H15BrN2O4/c14-10-2-1-8(5-11(10)15)13(19)16-3-4-20-9(7-16)6-12(17)18/h1-2,5,9H,3-4,6-7,15H2,(H,17,18). The van der Waals surface area contributed by atoms with Crippen LogP contribution in [0.4, 0.5) is 5.69 Å². The number of hydrogen-bond acceptors (Lipinski definition) is 4. The van der Waals surface area contributed by atoms with Crippen molar-refractivity contribution in [2.75, 3.05) is 25.4 Å². The Labute approximate surface area is 124 Å². The van der Waals surface area contributed by atoms with Gasteiger partial charge in [0.05, 0.1) is 19.1 Å². The van der Waals surface area contributed by atoms with E-state index in [4.69, 9.17) is 15.6 Å². The van der Waals surface area contributed by atoms with Crippen molar-refractivity contribution in [3.8, 4) is 0 Å². The number of amides is 1. The predicted molar refractivity (Wildman–Crippen MR) is 76.5 cm³/mol. The maximum atomic E-state index is 12.3. The van der Waals surface area contributed by atoms with Crippen LogP contribution in [-0.4, -0.2) is 47.7 Å². The number of aliphatic carboxylic acids is 1. The van der Waals surface area contributed by atoms with Crippen molar-refractivity contribution in [2.45, 2.75) is 12.5 Å². The van der Waals surface area contributed by atoms with E-state index in [1.54, 1.807) is 23.1 Å². The van der Waals surface area contributed by atoms with Crippen LogP contribution in [0.3, 0.4) is 0 Å². The van der Waals surface area contributed by atoms with Gasteiger partial charge in [-0.05, 0) is 34.1 Å². The summed E-state index contributed by atoms with van der Waals surface area (Å²) in [6.07, 6.45) is -0.565. The zero-order valence-corrected chi connectivity index (χ0v) is 12.3. The van der Waals surface area contributed by atoms with Crippen LogP contribution in [0.15, 0.2) is 22.7 Å². The molecule has 1 fully saturated rings. The largest absolute Gasteiger partial charge is 0.481 e. The van der Waals surface area contributed by atoms with Gasteiger partial charge in [0.15, 0.2) is 0 Å². The van der Waals surface area contributed by atoms with Crippen molar-refractivity contribution in [1.29, 1.82) is 0 Å². The summed E-state index contributed by atoms with van der Waals surface area (Å²) in [5.74, 6) is -1.10. The van der Waals surface area contributed by atoms with E-state index in [9.17, 15) is 9.59 Å². The summed E-state index contributed by atoms with van der Waals surface area (Å²) in [6.45, 7) is 1.07. The van der Waals surface area contributed by atoms with Crippen molar-refractivity contribution >= 4 is 33.5 Å². The monoisotopic (exact) mass is 342 g/mol. The second-order valence-corrected chi connectivity index (χ2v) is 5.43. The van der Waals surface area contributed by atoms with Crippen LogP contribution in [0.25, 0.3) is 0 Å². The average molecular weight is 343 g/mol. The molecule has 1 aliphatic rings. The Morgan fingerprint density at radius 3 is 2.90 bits per heavy atom. The summed E-state index contributed by atoms with van der Waals surface area (Å²) < 4.78 is 6.08. The highest BCUT2D eigenvalue weighted by Crippen LogP contribution is 2.21. The first-order chi connectivity index (χ1) is 9.47. The molecule has 108 valence electrons. The first-order valence-electron chi connectivity index (χ1n) is 6.15. The van der Waals surface area contributed by atoms with E-state index in [0.717, 1.165) is 4.47 Å². The Morgan fingerprint density at radius 2 is 2.25 bits per heavy atom. The summed E-state index contributed by atoms with van der Waals surface area (Å²) in [4.78, 5) is 24.6. The fourth-order valence-corrected chi connectivity index (χ4v) is 2.33. The number of morpholine rings is 1. The molecule has 0 saturated carbocycles. The molecule has 7 heteroatoms. The van der Waals surface area contributed by atoms with Crippen LogP contribution in [-0.2, 0) is 9.53 Å². The molecule has 1 aromatic carbocycles. The molecule has 1 atom stereocenters. The maximum Gasteiger partial charge on any atom is 0.306 e. The highest BCUT2D eigenvalue weighted by molar-refractivity contribution is 9.10. The number of carbonyl (C=O) groups excluding carboxylic acids is 1. The minimum Gasteiger partial charge on any atom is -0.481 e. The first kappa shape index (κ1) is 14.8. The highest BCUT2D eigenvalue weighted by atomic mass is 79.9. The molecule has 1 heterocycles. The summed E-state index contributed by atoms with van der Waals surface area (Å²) in [5, 5.41) is 8.77. The molecule has 6 nitrogen and oxygen atoms in total. The number of halogens is 1. The lowest BCUT2D eigenvalue weighted by molar-refractivity contribution is -0.141. The van der Waals surface area contributed by atoms with Gasteiger partial charge in [0.1, 0.15) is 0 Å². The summed E-state index contributed by atoms with van der Waals surface area (Å²) in [6, 6.07) is 5.01. The maximum absolute atomic E-state index is 12.3. The van der Waals surface area contributed by atoms with Gasteiger partial charge in [-0.25, -0.2) is 0 Å². The van der Waals surface area contributed by atoms with E-state index >= 15 is 0 Å². The van der Waals surface area contributed by atoms with Gasteiger partial charge in [-0.2, -0.15) is 0 Å². The number of ether oxygens (including phenoxy) is 1. The number of rotatable bonds is 3. The van der Waals surface area contributed by atoms with Crippen molar-refractivity contribution in [2.24, 2.45) is 0 Å². The smallest absolute Gasteiger partial charge is 0.306 e. The molecule has 0 aromatic heterocycles. The van der Waals surface area contributed by atoms with Gasteiger partial charge in [0.2, 0.25) is 0 Å². The molecule has 1 aliphatic heterocycles. The molecule has 0 spiro atoms. The van der Waals surface area contributed by atoms with Gasteiger partial charge in [0.25, 0.3) is 5.91 Å². The molecule has 2 rings (SSSR count). The van der Waals surface area contributed by atoms with E-state index in [0.29, 0.717) is 24.4 Å². The zero-order chi connectivity index (χ0) is 14.7. The second-order valence-electron chi connectivity index (χ2n) is 4.58. The fourth-order valence-electron chi connectivity index (χ4n) is 2.08. The van der Waals surface area contributed by atoms with Gasteiger partial charge < -0.3 is 20.5 Å². The Balaban J connectivity index is 2.08. The van der Waals surface area contributed by atoms with E-state index in [2.05, 4.69) is 15.9 Å². The van der Waals surface area contributed by atoms with E-state index in [-0.39, 0.29) is 18.9 Å². The molecule has 3 N–H and O–H groups in total. The number of nitrogens with two attached hydrogens (primary N) is 1. The molecular weight excluding hydrogens is 328 g/mol. The number of carboxylic acid groups (broad SMARTS) is 1. The Morgan fingerprint density at radius 1 is 1.50 bits per heavy atom. The summed E-state index contributed by atoms with van der Waals surface area (Å²) in [7, 11) is 0. The molecule has 1 amide bonds. The van der Waals surface area contributed by atoms with Crippen LogP contribution in [0.1, 0.15) is 16.8 Å². The number of benzene rings is 1. The zero-order valence-electron chi connectivity index (χ0n) is 10.7. The van der Waals surface area contributed by atoms with Gasteiger partial charge in [-0.1, -0.05) is 0 Å². The lowest BCUT2D eigenvalue weighted by Gasteiger charge is -2.32. The molecule has 0 bridgehead atoms. The Bertz CT molecular complexity index is 535. The number of nitrogens with zero attached hydrogens (tertiary/aromatic N) is 1. The summed E-state index contributed by atoms with van der Waals surface area (Å²) >= 11 is 3.28. The number of carboxylic acids is 1. The van der Waals surface area contributed by atoms with Crippen molar-refractivity contribution in [3.63, 3.8) is 0 Å². The van der Waals surface area contributed by atoms with Crippen molar-refractivity contribution in [3.05, 3.63) is 28.2 Å². The van der Waals surface area contributed by atoms with Crippen molar-refractivity contribution < 1.29 is 19.4 Å². The highest BCUT2D eigenvalue weighted by Gasteiger charge is 2.26. The van der Waals surface area contributed by atoms with E-state index in [1.165, 1.54) is 0 Å². The Kier molecular flexibility index (Phi) is 4.61. The van der Waals surface area contributed by atoms with Crippen LogP contribution in [0.2, 0.25) is 0 Å². The van der Waals surface area contributed by atoms with Crippen LogP contribution in [0.5, 0.6) is 0 Å². The normalized spacial score (nSPS) is 18.9. The van der Waals surface area contributed by atoms with Gasteiger partial charge in [0, 0.05) is 28.8 Å². The topological polar surface area (TPSA) is 92.9 Å². The van der Waals surface area contributed by atoms with Gasteiger partial charge >= 0.3 is 5.97 Å². The molecular formula is C13H15BrN2O4. The quantitative estimate of drug-likeness (QED) is 0.808. The minimum absolute atomic E-state index is 0.105. The first-order valence-corrected chi connectivity index (χ1v) is 6.94. The molecule has 1 aromatic rings. The molecule has 1 unspecified atom stereocenters. The third-order valence-electron chi connectivity index (χ3n) is 3.07. The van der Waals surface area contributed by atoms with Crippen LogP contribution >= 0.6 is 15.9 Å². The van der Waals surface area contributed by atoms with Crippen molar-refractivity contribution in [1.82, 2.24) is 4.90 Å². The number of carbonyl (C=O) groups is 2. The molecule has 0 radical (unpaired) electrons. The number of anilines is 1. The average Bonchev–Trinajstić information content (AvgIpc) is 2.40. The van der Waals surface area contributed by atoms with Gasteiger partial charge in [-0.15, -0.1) is 0 Å². The van der Waals surface area contributed by atoms with E-state index < -0.39 is 12.1 Å². The summed E-state index contributed by atoms with van der Waals surface area (Å²) in [5.41, 5.74) is 6.74. The molecule has 0 aliphatic carbocycles. The fraction of sp³-hybridized carbons (Fsp3) is 0.385. The Hall–Kier alpha value is -1.60. The van der Waals surface area contributed by atoms with Crippen LogP contribution < -0.4 is 5.73 Å². The SMILES string of the molecule is Nc1cc(C(=O)N2CCOC(CC(=O)O)C2)ccc1Br. The lowest BCUT2D eigenvalue weighted by atomic mass is 10.1. The number of nitrogen functional groups attached to an aromatic ring is 1. The predicted octanol–water partition coefficient (Wildman–Crippen LogP) is 1.35.